The molecule has 0 spiro atoms. The van der Waals surface area contributed by atoms with Gasteiger partial charge in [0.15, 0.2) is 23.0 Å². The molecule has 0 aliphatic heterocycles. The number of hydrogen-bond donors (Lipinski definition) is 4. The highest BCUT2D eigenvalue weighted by molar-refractivity contribution is 6.00. The summed E-state index contributed by atoms with van der Waals surface area (Å²) >= 11 is 0. The van der Waals surface area contributed by atoms with Gasteiger partial charge >= 0.3 is 0 Å². The summed E-state index contributed by atoms with van der Waals surface area (Å²) in [6.07, 6.45) is 0.544. The summed E-state index contributed by atoms with van der Waals surface area (Å²) in [6, 6.07) is 9.50. The summed E-state index contributed by atoms with van der Waals surface area (Å²) in [6.45, 7) is 3.42. The molecule has 4 N–H and O–H groups in total. The van der Waals surface area contributed by atoms with Crippen molar-refractivity contribution in [3.63, 3.8) is 0 Å². The number of methoxy groups -OCH3 is 2. The molecule has 2 rings (SSSR count). The van der Waals surface area contributed by atoms with Gasteiger partial charge < -0.3 is 19.7 Å². The Labute approximate surface area is 191 Å². The molecule has 2 aromatic carbocycles. The van der Waals surface area contributed by atoms with E-state index in [9.17, 15) is 19.8 Å². The molecular formula is C23H28N4O6. The Kier molecular flexibility index (Phi) is 9.22. The topological polar surface area (TPSA) is 142 Å². The van der Waals surface area contributed by atoms with Crippen LogP contribution in [0.1, 0.15) is 44.2 Å². The molecule has 0 fully saturated rings. The molecule has 0 atom stereocenters. The second kappa shape index (κ2) is 12.1. The number of nitrogens with one attached hydrogen (secondary N) is 2. The van der Waals surface area contributed by atoms with Crippen LogP contribution in [0, 0.1) is 0 Å². The Morgan fingerprint density at radius 2 is 1.18 bits per heavy atom. The Morgan fingerprint density at radius 3 is 1.55 bits per heavy atom. The average Bonchev–Trinajstić information content (AvgIpc) is 2.81. The summed E-state index contributed by atoms with van der Waals surface area (Å²) in [4.78, 5) is 24.0. The molecule has 0 bridgehead atoms. The van der Waals surface area contributed by atoms with E-state index in [0.29, 0.717) is 40.5 Å². The van der Waals surface area contributed by atoms with Gasteiger partial charge in [0.2, 0.25) is 11.8 Å². The number of carbonyl (C=O) groups is 2. The Bertz CT molecular complexity index is 981. The fourth-order valence-electron chi connectivity index (χ4n) is 2.75. The number of amides is 2. The average molecular weight is 456 g/mol. The molecule has 0 saturated carbocycles. The van der Waals surface area contributed by atoms with Gasteiger partial charge in [0, 0.05) is 24.0 Å². The number of phenols is 2. The van der Waals surface area contributed by atoms with Gasteiger partial charge in [-0.2, -0.15) is 10.2 Å². The van der Waals surface area contributed by atoms with E-state index >= 15 is 0 Å². The van der Waals surface area contributed by atoms with E-state index in [1.165, 1.54) is 26.4 Å². The maximum Gasteiger partial charge on any atom is 0.240 e. The van der Waals surface area contributed by atoms with Crippen LogP contribution in [-0.2, 0) is 9.59 Å². The van der Waals surface area contributed by atoms with Crippen molar-refractivity contribution in [3.8, 4) is 23.0 Å². The lowest BCUT2D eigenvalue weighted by Crippen LogP contribution is -2.21. The first-order valence-corrected chi connectivity index (χ1v) is 10.2. The fraction of sp³-hybridized carbons (Fsp3) is 0.304. The van der Waals surface area contributed by atoms with Gasteiger partial charge in [-0.3, -0.25) is 9.59 Å². The predicted octanol–water partition coefficient (Wildman–Crippen LogP) is 2.67. The third kappa shape index (κ3) is 7.53. The van der Waals surface area contributed by atoms with Crippen molar-refractivity contribution in [2.45, 2.75) is 33.1 Å². The van der Waals surface area contributed by atoms with Crippen molar-refractivity contribution in [3.05, 3.63) is 47.5 Å². The third-order valence-corrected chi connectivity index (χ3v) is 4.70. The van der Waals surface area contributed by atoms with Crippen molar-refractivity contribution in [1.82, 2.24) is 10.9 Å². The van der Waals surface area contributed by atoms with Crippen molar-refractivity contribution in [1.29, 1.82) is 0 Å². The van der Waals surface area contributed by atoms with Crippen molar-refractivity contribution in [2.24, 2.45) is 10.2 Å². The number of ether oxygens (including phenoxy) is 2. The largest absolute Gasteiger partial charge is 0.504 e. The summed E-state index contributed by atoms with van der Waals surface area (Å²) in [5.41, 5.74) is 7.34. The number of hydrogen-bond acceptors (Lipinski definition) is 8. The molecule has 176 valence electrons. The van der Waals surface area contributed by atoms with E-state index in [4.69, 9.17) is 9.47 Å². The zero-order chi connectivity index (χ0) is 24.4. The highest BCUT2D eigenvalue weighted by Crippen LogP contribution is 2.27. The van der Waals surface area contributed by atoms with E-state index in [1.54, 1.807) is 38.1 Å². The molecular weight excluding hydrogens is 428 g/mol. The zero-order valence-electron chi connectivity index (χ0n) is 19.0. The molecule has 33 heavy (non-hydrogen) atoms. The van der Waals surface area contributed by atoms with Gasteiger partial charge in [-0.1, -0.05) is 0 Å². The minimum absolute atomic E-state index is 0.0127. The Morgan fingerprint density at radius 1 is 0.788 bits per heavy atom. The molecule has 0 unspecified atom stereocenters. The number of nitrogens with zero attached hydrogens (tertiary/aromatic N) is 2. The minimum atomic E-state index is -0.330. The summed E-state index contributed by atoms with van der Waals surface area (Å²) in [7, 11) is 2.89. The normalized spacial score (nSPS) is 11.6. The van der Waals surface area contributed by atoms with E-state index in [0.717, 1.165) is 0 Å². The van der Waals surface area contributed by atoms with Crippen LogP contribution >= 0.6 is 0 Å². The van der Waals surface area contributed by atoms with Gasteiger partial charge in [0.05, 0.1) is 25.6 Å². The van der Waals surface area contributed by atoms with Crippen LogP contribution in [0.3, 0.4) is 0 Å². The van der Waals surface area contributed by atoms with Crippen molar-refractivity contribution in [2.75, 3.05) is 14.2 Å². The van der Waals surface area contributed by atoms with E-state index < -0.39 is 0 Å². The van der Waals surface area contributed by atoms with Gasteiger partial charge in [0.25, 0.3) is 0 Å². The predicted molar refractivity (Wildman–Crippen MR) is 124 cm³/mol. The molecule has 2 aromatic rings. The van der Waals surface area contributed by atoms with Crippen molar-refractivity contribution < 1.29 is 29.3 Å². The lowest BCUT2D eigenvalue weighted by molar-refractivity contribution is -0.122. The Hall–Kier alpha value is -4.08. The number of hydrazone groups is 2. The lowest BCUT2D eigenvalue weighted by atomic mass is 10.1. The zero-order valence-corrected chi connectivity index (χ0v) is 19.0. The van der Waals surface area contributed by atoms with Crippen LogP contribution in [0.2, 0.25) is 0 Å². The molecule has 10 heteroatoms. The second-order valence-electron chi connectivity index (χ2n) is 7.09. The number of phenolic OH excluding ortho intramolecular Hbond substituents is 2. The second-order valence-corrected chi connectivity index (χ2v) is 7.09. The quantitative estimate of drug-likeness (QED) is 0.320. The fourth-order valence-corrected chi connectivity index (χ4v) is 2.75. The number of benzene rings is 2. The summed E-state index contributed by atoms with van der Waals surface area (Å²) in [5.74, 6) is -0.0199. The summed E-state index contributed by atoms with van der Waals surface area (Å²) in [5, 5.41) is 27.4. The SMILES string of the molecule is COc1cc(C(C)=NNC(=O)CCCC(=O)NN=C(C)c2ccc(O)c(OC)c2)ccc1O. The first-order valence-electron chi connectivity index (χ1n) is 10.2. The first-order chi connectivity index (χ1) is 15.7. The number of aromatic hydroxyl groups is 2. The van der Waals surface area contributed by atoms with Crippen LogP contribution in [0.25, 0.3) is 0 Å². The highest BCUT2D eigenvalue weighted by atomic mass is 16.5. The lowest BCUT2D eigenvalue weighted by Gasteiger charge is -2.07. The van der Waals surface area contributed by atoms with Gasteiger partial charge in [-0.25, -0.2) is 10.9 Å². The standard InChI is InChI=1S/C23H28N4O6/c1-14(16-8-10-18(28)20(12-16)32-3)24-26-22(30)6-5-7-23(31)27-25-15(2)17-9-11-19(29)21(13-17)33-4/h8-13,28-29H,5-7H2,1-4H3,(H,26,30)(H,27,31). The molecule has 0 aromatic heterocycles. The minimum Gasteiger partial charge on any atom is -0.504 e. The van der Waals surface area contributed by atoms with Crippen molar-refractivity contribution >= 4 is 23.2 Å². The molecule has 0 aliphatic rings. The summed E-state index contributed by atoms with van der Waals surface area (Å²) < 4.78 is 10.1. The Balaban J connectivity index is 1.79. The van der Waals surface area contributed by atoms with E-state index in [1.807, 2.05) is 0 Å². The smallest absolute Gasteiger partial charge is 0.240 e. The van der Waals surface area contributed by atoms with Crippen LogP contribution in [0.4, 0.5) is 0 Å². The van der Waals surface area contributed by atoms with Gasteiger partial charge in [-0.05, 0) is 56.7 Å². The van der Waals surface area contributed by atoms with E-state index in [-0.39, 0.29) is 36.2 Å². The molecule has 0 saturated heterocycles. The molecule has 10 nitrogen and oxygen atoms in total. The maximum absolute atomic E-state index is 12.0. The van der Waals surface area contributed by atoms with Gasteiger partial charge in [-0.15, -0.1) is 0 Å². The molecule has 2 amide bonds. The van der Waals surface area contributed by atoms with Crippen LogP contribution in [-0.4, -0.2) is 47.7 Å². The maximum atomic E-state index is 12.0. The monoisotopic (exact) mass is 456 g/mol. The third-order valence-electron chi connectivity index (χ3n) is 4.70. The first kappa shape index (κ1) is 25.2. The molecule has 0 heterocycles. The van der Waals surface area contributed by atoms with E-state index in [2.05, 4.69) is 21.1 Å². The number of carbonyl (C=O) groups excluding carboxylic acids is 2. The number of rotatable bonds is 10. The van der Waals surface area contributed by atoms with Gasteiger partial charge in [0.1, 0.15) is 0 Å². The molecule has 0 radical (unpaired) electrons. The van der Waals surface area contributed by atoms with Crippen LogP contribution < -0.4 is 20.3 Å². The molecule has 0 aliphatic carbocycles. The van der Waals surface area contributed by atoms with Crippen LogP contribution in [0.15, 0.2) is 46.6 Å². The highest BCUT2D eigenvalue weighted by Gasteiger charge is 2.08. The van der Waals surface area contributed by atoms with Crippen LogP contribution in [0.5, 0.6) is 23.0 Å².